The summed E-state index contributed by atoms with van der Waals surface area (Å²) >= 11 is 7.38. The Morgan fingerprint density at radius 2 is 2.00 bits per heavy atom. The Bertz CT molecular complexity index is 556. The molecule has 1 aromatic carbocycles. The lowest BCUT2D eigenvalue weighted by Gasteiger charge is -2.17. The molecule has 0 amide bonds. The van der Waals surface area contributed by atoms with E-state index in [-0.39, 0.29) is 6.04 Å². The van der Waals surface area contributed by atoms with Crippen LogP contribution in [0.1, 0.15) is 29.8 Å². The van der Waals surface area contributed by atoms with E-state index in [1.807, 2.05) is 12.1 Å². The summed E-state index contributed by atoms with van der Waals surface area (Å²) in [6.45, 7) is 2.84. The van der Waals surface area contributed by atoms with Crippen LogP contribution in [0.4, 0.5) is 8.78 Å². The van der Waals surface area contributed by atoms with E-state index in [4.69, 9.17) is 11.6 Å². The minimum absolute atomic E-state index is 0.160. The topological polar surface area (TPSA) is 12.0 Å². The van der Waals surface area contributed by atoms with Crippen LogP contribution in [-0.2, 0) is 0 Å². The highest BCUT2D eigenvalue weighted by atomic mass is 35.5. The van der Waals surface area contributed by atoms with Gasteiger partial charge in [0.05, 0.1) is 10.4 Å². The lowest BCUT2D eigenvalue weighted by atomic mass is 10.0. The number of rotatable bonds is 5. The van der Waals surface area contributed by atoms with Gasteiger partial charge in [-0.05, 0) is 42.8 Å². The van der Waals surface area contributed by atoms with E-state index in [1.165, 1.54) is 17.4 Å². The molecule has 1 heterocycles. The molecular weight excluding hydrogens is 288 g/mol. The van der Waals surface area contributed by atoms with Crippen molar-refractivity contribution in [2.75, 3.05) is 6.54 Å². The first-order valence-corrected chi connectivity index (χ1v) is 7.25. The maximum Gasteiger partial charge on any atom is 0.159 e. The second-order valence-electron chi connectivity index (χ2n) is 4.20. The highest BCUT2D eigenvalue weighted by Crippen LogP contribution is 2.31. The minimum atomic E-state index is -0.831. The molecule has 0 saturated carbocycles. The van der Waals surface area contributed by atoms with Gasteiger partial charge in [0.15, 0.2) is 11.6 Å². The molecule has 1 nitrogen and oxygen atoms in total. The van der Waals surface area contributed by atoms with Gasteiger partial charge in [-0.15, -0.1) is 11.3 Å². The largest absolute Gasteiger partial charge is 0.306 e. The summed E-state index contributed by atoms with van der Waals surface area (Å²) in [4.78, 5) is 0.990. The molecule has 1 N–H and O–H groups in total. The minimum Gasteiger partial charge on any atom is -0.306 e. The van der Waals surface area contributed by atoms with Crippen molar-refractivity contribution >= 4 is 22.9 Å². The standard InChI is InChI=1S/C14H14ClF2NS/c1-2-7-18-14(12-5-6-13(15)19-12)9-3-4-10(16)11(17)8-9/h3-6,8,14,18H,2,7H2,1H3. The molecule has 0 bridgehead atoms. The Labute approximate surface area is 120 Å². The van der Waals surface area contributed by atoms with Crippen molar-refractivity contribution in [1.82, 2.24) is 5.32 Å². The van der Waals surface area contributed by atoms with E-state index >= 15 is 0 Å². The molecule has 0 aliphatic rings. The van der Waals surface area contributed by atoms with Crippen LogP contribution in [-0.4, -0.2) is 6.54 Å². The Morgan fingerprint density at radius 1 is 1.21 bits per heavy atom. The average molecular weight is 302 g/mol. The van der Waals surface area contributed by atoms with E-state index in [2.05, 4.69) is 12.2 Å². The van der Waals surface area contributed by atoms with Gasteiger partial charge in [-0.1, -0.05) is 24.6 Å². The lowest BCUT2D eigenvalue weighted by molar-refractivity contribution is 0.503. The van der Waals surface area contributed by atoms with Crippen molar-refractivity contribution in [2.45, 2.75) is 19.4 Å². The summed E-state index contributed by atoms with van der Waals surface area (Å²) in [5.41, 5.74) is 0.700. The number of nitrogens with one attached hydrogen (secondary N) is 1. The predicted molar refractivity (Wildman–Crippen MR) is 75.8 cm³/mol. The van der Waals surface area contributed by atoms with Gasteiger partial charge in [0.25, 0.3) is 0 Å². The molecule has 1 unspecified atom stereocenters. The normalized spacial score (nSPS) is 12.6. The quantitative estimate of drug-likeness (QED) is 0.839. The molecular formula is C14H14ClF2NS. The molecule has 1 atom stereocenters. The third-order valence-corrected chi connectivity index (χ3v) is 4.05. The van der Waals surface area contributed by atoms with E-state index in [0.717, 1.165) is 23.9 Å². The maximum atomic E-state index is 13.4. The molecule has 0 aliphatic carbocycles. The van der Waals surface area contributed by atoms with Crippen molar-refractivity contribution in [3.8, 4) is 0 Å². The molecule has 5 heteroatoms. The van der Waals surface area contributed by atoms with Crippen LogP contribution in [0.5, 0.6) is 0 Å². The van der Waals surface area contributed by atoms with E-state index in [0.29, 0.717) is 9.90 Å². The van der Waals surface area contributed by atoms with Crippen LogP contribution in [0, 0.1) is 11.6 Å². The van der Waals surface area contributed by atoms with Gasteiger partial charge in [-0.2, -0.15) is 0 Å². The Balaban J connectivity index is 2.33. The number of halogens is 3. The molecule has 2 aromatic rings. The average Bonchev–Trinajstić information content (AvgIpc) is 2.80. The SMILES string of the molecule is CCCNC(c1ccc(F)c(F)c1)c1ccc(Cl)s1. The van der Waals surface area contributed by atoms with Crippen LogP contribution >= 0.6 is 22.9 Å². The third-order valence-electron chi connectivity index (χ3n) is 2.75. The third kappa shape index (κ3) is 3.53. The molecule has 102 valence electrons. The zero-order valence-corrected chi connectivity index (χ0v) is 12.0. The van der Waals surface area contributed by atoms with E-state index < -0.39 is 11.6 Å². The Hall–Kier alpha value is -0.970. The van der Waals surface area contributed by atoms with Gasteiger partial charge >= 0.3 is 0 Å². The highest BCUT2D eigenvalue weighted by Gasteiger charge is 2.17. The zero-order chi connectivity index (χ0) is 13.8. The van der Waals surface area contributed by atoms with E-state index in [1.54, 1.807) is 6.07 Å². The molecule has 19 heavy (non-hydrogen) atoms. The number of benzene rings is 1. The van der Waals surface area contributed by atoms with E-state index in [9.17, 15) is 8.78 Å². The molecule has 0 fully saturated rings. The van der Waals surface area contributed by atoms with Crippen LogP contribution < -0.4 is 5.32 Å². The fourth-order valence-electron chi connectivity index (χ4n) is 1.85. The fourth-order valence-corrected chi connectivity index (χ4v) is 3.01. The smallest absolute Gasteiger partial charge is 0.159 e. The van der Waals surface area contributed by atoms with Crippen LogP contribution in [0.15, 0.2) is 30.3 Å². The molecule has 0 radical (unpaired) electrons. The first-order valence-electron chi connectivity index (χ1n) is 6.05. The summed E-state index contributed by atoms with van der Waals surface area (Å²) in [7, 11) is 0. The summed E-state index contributed by atoms with van der Waals surface area (Å²) in [6.07, 6.45) is 0.958. The molecule has 1 aromatic heterocycles. The van der Waals surface area contributed by atoms with Crippen LogP contribution in [0.2, 0.25) is 4.34 Å². The van der Waals surface area contributed by atoms with Crippen molar-refractivity contribution < 1.29 is 8.78 Å². The van der Waals surface area contributed by atoms with Gasteiger partial charge in [-0.25, -0.2) is 8.78 Å². The second kappa shape index (κ2) is 6.46. The highest BCUT2D eigenvalue weighted by molar-refractivity contribution is 7.16. The van der Waals surface area contributed by atoms with Crippen molar-refractivity contribution in [3.63, 3.8) is 0 Å². The Morgan fingerprint density at radius 3 is 2.58 bits per heavy atom. The summed E-state index contributed by atoms with van der Waals surface area (Å²) in [5.74, 6) is -1.66. The van der Waals surface area contributed by atoms with Gasteiger partial charge in [0.1, 0.15) is 0 Å². The maximum absolute atomic E-state index is 13.4. The van der Waals surface area contributed by atoms with Gasteiger partial charge in [0.2, 0.25) is 0 Å². The monoisotopic (exact) mass is 301 g/mol. The number of hydrogen-bond acceptors (Lipinski definition) is 2. The Kier molecular flexibility index (Phi) is 4.91. The molecule has 0 aliphatic heterocycles. The molecule has 2 rings (SSSR count). The van der Waals surface area contributed by atoms with Gasteiger partial charge in [0, 0.05) is 4.88 Å². The number of thiophene rings is 1. The number of hydrogen-bond donors (Lipinski definition) is 1. The predicted octanol–water partition coefficient (Wildman–Crippen LogP) is 4.77. The van der Waals surface area contributed by atoms with Crippen molar-refractivity contribution in [3.05, 3.63) is 56.7 Å². The first kappa shape index (κ1) is 14.4. The van der Waals surface area contributed by atoms with Crippen LogP contribution in [0.3, 0.4) is 0 Å². The molecule has 0 spiro atoms. The van der Waals surface area contributed by atoms with Crippen molar-refractivity contribution in [2.24, 2.45) is 0 Å². The summed E-state index contributed by atoms with van der Waals surface area (Å²) < 4.78 is 27.0. The lowest BCUT2D eigenvalue weighted by Crippen LogP contribution is -2.22. The van der Waals surface area contributed by atoms with Gasteiger partial charge in [-0.3, -0.25) is 0 Å². The fraction of sp³-hybridized carbons (Fsp3) is 0.286. The molecule has 0 saturated heterocycles. The van der Waals surface area contributed by atoms with Crippen molar-refractivity contribution in [1.29, 1.82) is 0 Å². The van der Waals surface area contributed by atoms with Gasteiger partial charge < -0.3 is 5.32 Å². The summed E-state index contributed by atoms with van der Waals surface area (Å²) in [6, 6.07) is 7.53. The second-order valence-corrected chi connectivity index (χ2v) is 5.95. The van der Waals surface area contributed by atoms with Crippen LogP contribution in [0.25, 0.3) is 0 Å². The zero-order valence-electron chi connectivity index (χ0n) is 10.4. The first-order chi connectivity index (χ1) is 9.11. The summed E-state index contributed by atoms with van der Waals surface area (Å²) in [5, 5.41) is 3.32.